The topological polar surface area (TPSA) is 80.3 Å². The number of anilines is 1. The highest BCUT2D eigenvalue weighted by atomic mass is 35.5. The van der Waals surface area contributed by atoms with E-state index in [2.05, 4.69) is 5.32 Å². The molecule has 1 rings (SSSR count). The van der Waals surface area contributed by atoms with Crippen LogP contribution in [0.1, 0.15) is 6.92 Å². The van der Waals surface area contributed by atoms with Gasteiger partial charge in [0.1, 0.15) is 0 Å². The minimum atomic E-state index is -3.53. The fourth-order valence-corrected chi connectivity index (χ4v) is 3.12. The van der Waals surface area contributed by atoms with Gasteiger partial charge in [0.05, 0.1) is 15.5 Å². The lowest BCUT2D eigenvalue weighted by Crippen LogP contribution is -2.14. The normalized spacial score (nSPS) is 14.1. The molecule has 1 unspecified atom stereocenters. The molecule has 0 aliphatic heterocycles. The van der Waals surface area contributed by atoms with Crippen molar-refractivity contribution in [2.75, 3.05) is 24.4 Å². The van der Waals surface area contributed by atoms with Crippen LogP contribution in [-0.4, -0.2) is 41.3 Å². The Labute approximate surface area is 118 Å². The highest BCUT2D eigenvalue weighted by molar-refractivity contribution is 7.91. The first-order chi connectivity index (χ1) is 8.51. The van der Waals surface area contributed by atoms with Gasteiger partial charge in [-0.2, -0.15) is 0 Å². The third-order valence-electron chi connectivity index (χ3n) is 2.35. The summed E-state index contributed by atoms with van der Waals surface area (Å²) in [6.45, 7) is 2.14. The fourth-order valence-electron chi connectivity index (χ4n) is 1.44. The number of nitrogens with one attached hydrogen (secondary N) is 1. The van der Waals surface area contributed by atoms with Gasteiger partial charge in [0.15, 0.2) is 19.7 Å². The van der Waals surface area contributed by atoms with E-state index in [1.807, 2.05) is 0 Å². The quantitative estimate of drug-likeness (QED) is 0.830. The summed E-state index contributed by atoms with van der Waals surface area (Å²) in [5.41, 5.74) is 0.349. The molecule has 0 saturated carbocycles. The van der Waals surface area contributed by atoms with E-state index in [1.54, 1.807) is 6.92 Å². The Balaban J connectivity index is 3.34. The van der Waals surface area contributed by atoms with Gasteiger partial charge in [-0.1, -0.05) is 0 Å². The van der Waals surface area contributed by atoms with Crippen LogP contribution in [0.25, 0.3) is 0 Å². The molecule has 0 spiro atoms. The van der Waals surface area contributed by atoms with Crippen LogP contribution >= 0.6 is 11.6 Å². The molecule has 1 aromatic carbocycles. The first kappa shape index (κ1) is 16.3. The first-order valence-corrected chi connectivity index (χ1v) is 9.66. The number of hydrogen-bond acceptors (Lipinski definition) is 5. The van der Waals surface area contributed by atoms with Gasteiger partial charge in [-0.05, 0) is 25.1 Å². The monoisotopic (exact) mass is 325 g/mol. The summed E-state index contributed by atoms with van der Waals surface area (Å²) in [6.07, 6.45) is 2.06. The number of alkyl halides is 1. The molecule has 0 bridgehead atoms. The maximum Gasteiger partial charge on any atom is 0.177 e. The zero-order chi connectivity index (χ0) is 14.8. The second kappa shape index (κ2) is 5.68. The largest absolute Gasteiger partial charge is 0.383 e. The van der Waals surface area contributed by atoms with Crippen molar-refractivity contribution in [3.63, 3.8) is 0 Å². The summed E-state index contributed by atoms with van der Waals surface area (Å²) < 4.78 is 46.3. The van der Waals surface area contributed by atoms with Crippen molar-refractivity contribution in [2.45, 2.75) is 22.1 Å². The van der Waals surface area contributed by atoms with Crippen LogP contribution in [0, 0.1) is 0 Å². The summed E-state index contributed by atoms with van der Waals surface area (Å²) in [5.74, 6) is 0. The molecular weight excluding hydrogens is 310 g/mol. The second-order valence-electron chi connectivity index (χ2n) is 4.36. The Morgan fingerprint density at radius 2 is 1.74 bits per heavy atom. The molecule has 8 heteroatoms. The second-order valence-corrected chi connectivity index (χ2v) is 9.11. The molecule has 0 amide bonds. The maximum atomic E-state index is 11.7. The molecule has 0 aliphatic carbocycles. The smallest absolute Gasteiger partial charge is 0.177 e. The van der Waals surface area contributed by atoms with E-state index in [0.717, 1.165) is 18.6 Å². The van der Waals surface area contributed by atoms with Crippen molar-refractivity contribution in [2.24, 2.45) is 0 Å². The maximum absolute atomic E-state index is 11.7. The van der Waals surface area contributed by atoms with Crippen molar-refractivity contribution in [1.29, 1.82) is 0 Å². The molecule has 5 nitrogen and oxygen atoms in total. The van der Waals surface area contributed by atoms with Crippen molar-refractivity contribution in [1.82, 2.24) is 0 Å². The van der Waals surface area contributed by atoms with Gasteiger partial charge >= 0.3 is 0 Å². The SMILES string of the molecule is CC(Cl)CNc1ccc(S(C)(=O)=O)cc1S(C)(=O)=O. The number of halogens is 1. The van der Waals surface area contributed by atoms with Crippen molar-refractivity contribution in [3.8, 4) is 0 Å². The standard InChI is InChI=1S/C11H16ClNO4S2/c1-8(12)7-13-10-5-4-9(18(2,14)15)6-11(10)19(3,16)17/h4-6,8,13H,7H2,1-3H3. The van der Waals surface area contributed by atoms with Crippen molar-refractivity contribution in [3.05, 3.63) is 18.2 Å². The molecular formula is C11H16ClNO4S2. The fraction of sp³-hybridized carbons (Fsp3) is 0.455. The average molecular weight is 326 g/mol. The van der Waals surface area contributed by atoms with Crippen molar-refractivity contribution < 1.29 is 16.8 Å². The third-order valence-corrected chi connectivity index (χ3v) is 4.76. The van der Waals surface area contributed by atoms with Gasteiger partial charge in [0.25, 0.3) is 0 Å². The number of hydrogen-bond donors (Lipinski definition) is 1. The molecule has 1 aromatic rings. The molecule has 19 heavy (non-hydrogen) atoms. The molecule has 1 atom stereocenters. The van der Waals surface area contributed by atoms with Gasteiger partial charge in [0, 0.05) is 24.4 Å². The summed E-state index contributed by atoms with van der Waals surface area (Å²) in [7, 11) is -6.99. The molecule has 0 aromatic heterocycles. The van der Waals surface area contributed by atoms with E-state index in [1.165, 1.54) is 12.1 Å². The van der Waals surface area contributed by atoms with E-state index in [-0.39, 0.29) is 15.2 Å². The predicted molar refractivity (Wildman–Crippen MR) is 76.5 cm³/mol. The molecule has 0 fully saturated rings. The Hall–Kier alpha value is -0.790. The summed E-state index contributed by atoms with van der Waals surface area (Å²) in [4.78, 5) is -0.0786. The van der Waals surface area contributed by atoms with E-state index in [0.29, 0.717) is 12.2 Å². The van der Waals surface area contributed by atoms with Crippen LogP contribution in [-0.2, 0) is 19.7 Å². The Morgan fingerprint density at radius 3 is 2.16 bits per heavy atom. The first-order valence-electron chi connectivity index (χ1n) is 5.44. The van der Waals surface area contributed by atoms with Crippen molar-refractivity contribution >= 4 is 37.0 Å². The highest BCUT2D eigenvalue weighted by Gasteiger charge is 2.17. The molecule has 0 saturated heterocycles. The van der Waals surface area contributed by atoms with Crippen LogP contribution in [0.3, 0.4) is 0 Å². The van der Waals surface area contributed by atoms with Gasteiger partial charge in [-0.3, -0.25) is 0 Å². The van der Waals surface area contributed by atoms with Gasteiger partial charge in [0.2, 0.25) is 0 Å². The lowest BCUT2D eigenvalue weighted by Gasteiger charge is -2.13. The Kier molecular flexibility index (Phi) is 4.86. The third kappa shape index (κ3) is 4.67. The van der Waals surface area contributed by atoms with Gasteiger partial charge < -0.3 is 5.32 Å². The summed E-state index contributed by atoms with van der Waals surface area (Å²) in [6, 6.07) is 3.96. The Morgan fingerprint density at radius 1 is 1.16 bits per heavy atom. The van der Waals surface area contributed by atoms with Crippen LogP contribution < -0.4 is 5.32 Å². The van der Waals surface area contributed by atoms with Gasteiger partial charge in [-0.25, -0.2) is 16.8 Å². The molecule has 108 valence electrons. The molecule has 0 radical (unpaired) electrons. The summed E-state index contributed by atoms with van der Waals surface area (Å²) >= 11 is 5.79. The van der Waals surface area contributed by atoms with Crippen LogP contribution in [0.15, 0.2) is 28.0 Å². The minimum Gasteiger partial charge on any atom is -0.383 e. The van der Waals surface area contributed by atoms with E-state index < -0.39 is 19.7 Å². The van der Waals surface area contributed by atoms with Crippen LogP contribution in [0.4, 0.5) is 5.69 Å². The van der Waals surface area contributed by atoms with Crippen LogP contribution in [0.5, 0.6) is 0 Å². The molecule has 0 heterocycles. The molecule has 1 N–H and O–H groups in total. The van der Waals surface area contributed by atoms with Gasteiger partial charge in [-0.15, -0.1) is 11.6 Å². The van der Waals surface area contributed by atoms with Crippen LogP contribution in [0.2, 0.25) is 0 Å². The minimum absolute atomic E-state index is 0.0302. The predicted octanol–water partition coefficient (Wildman–Crippen LogP) is 1.53. The van der Waals surface area contributed by atoms with E-state index in [4.69, 9.17) is 11.6 Å². The highest BCUT2D eigenvalue weighted by Crippen LogP contribution is 2.25. The number of sulfone groups is 2. The summed E-state index contributed by atoms with van der Waals surface area (Å²) in [5, 5.41) is 2.71. The average Bonchev–Trinajstić information content (AvgIpc) is 2.23. The lowest BCUT2D eigenvalue weighted by molar-refractivity contribution is 0.600. The van der Waals surface area contributed by atoms with E-state index >= 15 is 0 Å². The van der Waals surface area contributed by atoms with E-state index in [9.17, 15) is 16.8 Å². The number of benzene rings is 1. The molecule has 0 aliphatic rings. The zero-order valence-electron chi connectivity index (χ0n) is 10.8. The Bertz CT molecular complexity index is 666. The number of rotatable bonds is 5. The lowest BCUT2D eigenvalue weighted by atomic mass is 10.3. The zero-order valence-corrected chi connectivity index (χ0v) is 13.2.